The van der Waals surface area contributed by atoms with E-state index in [9.17, 15) is 13.2 Å². The molecule has 2 rings (SSSR count). The highest BCUT2D eigenvalue weighted by molar-refractivity contribution is 7.92. The van der Waals surface area contributed by atoms with Crippen LogP contribution in [-0.4, -0.2) is 26.6 Å². The number of sulfonamides is 1. The maximum absolute atomic E-state index is 13.4. The molecule has 7 heteroatoms. The molecule has 0 aliphatic rings. The Morgan fingerprint density at radius 1 is 0.967 bits per heavy atom. The summed E-state index contributed by atoms with van der Waals surface area (Å²) in [6.07, 6.45) is 0. The Hall–Kier alpha value is -2.67. The predicted octanol–water partition coefficient (Wildman–Crippen LogP) is 4.35. The van der Waals surface area contributed by atoms with Crippen molar-refractivity contribution in [2.45, 2.75) is 53.4 Å². The number of carbonyl (C=O) groups excluding carboxylic acids is 1. The molecular formula is C23H31N3O3S. The van der Waals surface area contributed by atoms with Gasteiger partial charge in [0.05, 0.1) is 10.6 Å². The Balaban J connectivity index is 2.44. The zero-order chi connectivity index (χ0) is 22.7. The van der Waals surface area contributed by atoms with Crippen molar-refractivity contribution in [2.75, 3.05) is 10.8 Å². The minimum atomic E-state index is -3.94. The van der Waals surface area contributed by atoms with E-state index in [-0.39, 0.29) is 16.9 Å². The normalized spacial score (nSPS) is 12.6. The predicted molar refractivity (Wildman–Crippen MR) is 122 cm³/mol. The molecule has 2 aromatic rings. The van der Waals surface area contributed by atoms with Crippen molar-refractivity contribution < 1.29 is 13.2 Å². The fourth-order valence-electron chi connectivity index (χ4n) is 2.73. The molecule has 0 bridgehead atoms. The van der Waals surface area contributed by atoms with E-state index in [1.165, 1.54) is 0 Å². The van der Waals surface area contributed by atoms with E-state index in [1.54, 1.807) is 36.4 Å². The van der Waals surface area contributed by atoms with Crippen molar-refractivity contribution in [3.8, 4) is 0 Å². The molecule has 0 atom stereocenters. The van der Waals surface area contributed by atoms with Gasteiger partial charge in [-0.05, 0) is 63.1 Å². The molecule has 0 aliphatic heterocycles. The number of nitrogens with zero attached hydrogens (tertiary/aromatic N) is 2. The van der Waals surface area contributed by atoms with E-state index in [0.29, 0.717) is 5.69 Å². The molecule has 0 spiro atoms. The quantitative estimate of drug-likeness (QED) is 0.548. The Morgan fingerprint density at radius 2 is 1.50 bits per heavy atom. The summed E-state index contributed by atoms with van der Waals surface area (Å²) in [5, 5.41) is 4.14. The molecule has 0 saturated heterocycles. The van der Waals surface area contributed by atoms with Gasteiger partial charge in [0.25, 0.3) is 15.9 Å². The Bertz CT molecular complexity index is 1030. The smallest absolute Gasteiger partial charge is 0.264 e. The van der Waals surface area contributed by atoms with Crippen LogP contribution in [0, 0.1) is 26.2 Å². The fraction of sp³-hybridized carbons (Fsp3) is 0.391. The van der Waals surface area contributed by atoms with E-state index in [4.69, 9.17) is 0 Å². The molecule has 0 aliphatic carbocycles. The van der Waals surface area contributed by atoms with Crippen molar-refractivity contribution in [2.24, 2.45) is 10.5 Å². The first-order valence-corrected chi connectivity index (χ1v) is 11.3. The van der Waals surface area contributed by atoms with Crippen molar-refractivity contribution >= 4 is 27.3 Å². The first kappa shape index (κ1) is 23.6. The average Bonchev–Trinajstić information content (AvgIpc) is 2.62. The molecule has 6 nitrogen and oxygen atoms in total. The van der Waals surface area contributed by atoms with E-state index in [2.05, 4.69) is 10.5 Å². The highest BCUT2D eigenvalue weighted by atomic mass is 32.2. The molecule has 0 radical (unpaired) electrons. The van der Waals surface area contributed by atoms with Crippen LogP contribution in [0.2, 0.25) is 0 Å². The Kier molecular flexibility index (Phi) is 7.08. The van der Waals surface area contributed by atoms with Gasteiger partial charge in [-0.2, -0.15) is 5.10 Å². The third-order valence-electron chi connectivity index (χ3n) is 4.82. The number of hydrogen-bond donors (Lipinski definition) is 1. The summed E-state index contributed by atoms with van der Waals surface area (Å²) in [4.78, 5) is 12.8. The van der Waals surface area contributed by atoms with E-state index < -0.39 is 15.9 Å². The first-order valence-electron chi connectivity index (χ1n) is 9.82. The molecule has 0 heterocycles. The van der Waals surface area contributed by atoms with Crippen molar-refractivity contribution in [1.29, 1.82) is 0 Å². The van der Waals surface area contributed by atoms with Gasteiger partial charge >= 0.3 is 0 Å². The minimum absolute atomic E-state index is 0.134. The van der Waals surface area contributed by atoms with Crippen LogP contribution in [0.5, 0.6) is 0 Å². The molecule has 30 heavy (non-hydrogen) atoms. The zero-order valence-corrected chi connectivity index (χ0v) is 19.6. The van der Waals surface area contributed by atoms with Gasteiger partial charge in [-0.3, -0.25) is 9.10 Å². The van der Waals surface area contributed by atoms with Crippen molar-refractivity contribution in [3.05, 3.63) is 59.2 Å². The van der Waals surface area contributed by atoms with Gasteiger partial charge in [0, 0.05) is 11.1 Å². The fourth-order valence-corrected chi connectivity index (χ4v) is 4.13. The van der Waals surface area contributed by atoms with Crippen LogP contribution in [-0.2, 0) is 14.8 Å². The molecule has 2 aromatic carbocycles. The second-order valence-corrected chi connectivity index (χ2v) is 10.5. The highest BCUT2D eigenvalue weighted by Gasteiger charge is 2.27. The standard InChI is InChI=1S/C23H31N3O3S/c1-16-8-10-21(11-9-16)30(28,29)26(20-13-17(2)12-18(3)14-20)15-22(27)25-24-19(4)23(5,6)7/h8-14H,15H2,1-7H3,(H,25,27)/b24-19-. The molecule has 0 unspecified atom stereocenters. The average molecular weight is 430 g/mol. The summed E-state index contributed by atoms with van der Waals surface area (Å²) < 4.78 is 28.0. The van der Waals surface area contributed by atoms with E-state index in [0.717, 1.165) is 26.7 Å². The maximum atomic E-state index is 13.4. The summed E-state index contributed by atoms with van der Waals surface area (Å²) in [6.45, 7) is 13.1. The second-order valence-electron chi connectivity index (χ2n) is 8.65. The molecule has 1 amide bonds. The van der Waals surface area contributed by atoms with Crippen LogP contribution in [0.25, 0.3) is 0 Å². The minimum Gasteiger partial charge on any atom is -0.271 e. The van der Waals surface area contributed by atoms with Crippen LogP contribution >= 0.6 is 0 Å². The van der Waals surface area contributed by atoms with E-state index >= 15 is 0 Å². The van der Waals surface area contributed by atoms with Crippen LogP contribution in [0.1, 0.15) is 44.4 Å². The molecule has 0 saturated carbocycles. The third-order valence-corrected chi connectivity index (χ3v) is 6.61. The SMILES string of the molecule is C/C(=N/NC(=O)CN(c1cc(C)cc(C)c1)S(=O)(=O)c1ccc(C)cc1)C(C)(C)C. The Morgan fingerprint density at radius 3 is 2.00 bits per heavy atom. The van der Waals surface area contributed by atoms with Gasteiger partial charge in [-0.15, -0.1) is 0 Å². The summed E-state index contributed by atoms with van der Waals surface area (Å²) in [6, 6.07) is 12.1. The zero-order valence-electron chi connectivity index (χ0n) is 18.8. The molecule has 0 aromatic heterocycles. The lowest BCUT2D eigenvalue weighted by atomic mass is 9.91. The first-order chi connectivity index (χ1) is 13.8. The maximum Gasteiger partial charge on any atom is 0.264 e. The van der Waals surface area contributed by atoms with Crippen LogP contribution < -0.4 is 9.73 Å². The van der Waals surface area contributed by atoms with Gasteiger partial charge in [0.15, 0.2) is 0 Å². The topological polar surface area (TPSA) is 78.8 Å². The van der Waals surface area contributed by atoms with Crippen molar-refractivity contribution in [3.63, 3.8) is 0 Å². The number of anilines is 1. The van der Waals surface area contributed by atoms with Crippen LogP contribution in [0.15, 0.2) is 52.5 Å². The van der Waals surface area contributed by atoms with E-state index in [1.807, 2.05) is 54.5 Å². The van der Waals surface area contributed by atoms with Gasteiger partial charge in [0.2, 0.25) is 0 Å². The number of nitrogens with one attached hydrogen (secondary N) is 1. The molecule has 0 fully saturated rings. The third kappa shape index (κ3) is 5.92. The van der Waals surface area contributed by atoms with Crippen molar-refractivity contribution in [1.82, 2.24) is 5.43 Å². The summed E-state index contributed by atoms with van der Waals surface area (Å²) >= 11 is 0. The number of hydrazone groups is 1. The van der Waals surface area contributed by atoms with Crippen LogP contribution in [0.3, 0.4) is 0 Å². The van der Waals surface area contributed by atoms with Crippen LogP contribution in [0.4, 0.5) is 5.69 Å². The number of amides is 1. The molecular weight excluding hydrogens is 398 g/mol. The lowest BCUT2D eigenvalue weighted by Crippen LogP contribution is -2.40. The van der Waals surface area contributed by atoms with Gasteiger partial charge in [-0.1, -0.05) is 44.5 Å². The molecule has 162 valence electrons. The number of benzene rings is 2. The number of carbonyl (C=O) groups is 1. The second kappa shape index (κ2) is 9.00. The lowest BCUT2D eigenvalue weighted by Gasteiger charge is -2.25. The summed E-state index contributed by atoms with van der Waals surface area (Å²) in [7, 11) is -3.94. The summed E-state index contributed by atoms with van der Waals surface area (Å²) in [5.41, 5.74) is 6.27. The monoisotopic (exact) mass is 429 g/mol. The lowest BCUT2D eigenvalue weighted by molar-refractivity contribution is -0.119. The number of aryl methyl sites for hydroxylation is 3. The van der Waals surface area contributed by atoms with Gasteiger partial charge < -0.3 is 0 Å². The number of hydrogen-bond acceptors (Lipinski definition) is 4. The highest BCUT2D eigenvalue weighted by Crippen LogP contribution is 2.26. The summed E-state index contributed by atoms with van der Waals surface area (Å²) in [5.74, 6) is -0.506. The number of rotatable bonds is 6. The van der Waals surface area contributed by atoms with Gasteiger partial charge in [-0.25, -0.2) is 13.8 Å². The Labute approximate surface area is 180 Å². The molecule has 1 N–H and O–H groups in total. The largest absolute Gasteiger partial charge is 0.271 e. The van der Waals surface area contributed by atoms with Gasteiger partial charge in [0.1, 0.15) is 6.54 Å².